The maximum absolute atomic E-state index is 8.73. The van der Waals surface area contributed by atoms with Crippen molar-refractivity contribution in [1.29, 1.82) is 5.41 Å². The maximum atomic E-state index is 8.73. The predicted octanol–water partition coefficient (Wildman–Crippen LogP) is 2.38. The van der Waals surface area contributed by atoms with Gasteiger partial charge < -0.3 is 20.1 Å². The molecule has 8 nitrogen and oxygen atoms in total. The molecule has 0 spiro atoms. The van der Waals surface area contributed by atoms with Crippen LogP contribution >= 0.6 is 0 Å². The van der Waals surface area contributed by atoms with Crippen molar-refractivity contribution in [3.8, 4) is 17.1 Å². The Balaban J connectivity index is 1.64. The fourth-order valence-corrected chi connectivity index (χ4v) is 3.18. The Morgan fingerprint density at radius 2 is 1.86 bits per heavy atom. The minimum Gasteiger partial charge on any atom is -0.494 e. The second-order valence-electron chi connectivity index (χ2n) is 6.63. The number of nitrogens with one attached hydrogen (secondary N) is 1. The molecule has 3 N–H and O–H groups in total. The van der Waals surface area contributed by atoms with Crippen LogP contribution in [0, 0.1) is 5.41 Å². The molecule has 1 aromatic carbocycles. The molecule has 1 saturated heterocycles. The van der Waals surface area contributed by atoms with Gasteiger partial charge in [-0.15, -0.1) is 0 Å². The van der Waals surface area contributed by atoms with Crippen LogP contribution in [0.3, 0.4) is 0 Å². The molecule has 29 heavy (non-hydrogen) atoms. The van der Waals surface area contributed by atoms with E-state index in [1.165, 1.54) is 0 Å². The summed E-state index contributed by atoms with van der Waals surface area (Å²) in [5, 5.41) is 8.73. The molecule has 1 aliphatic rings. The fourth-order valence-electron chi connectivity index (χ4n) is 3.18. The van der Waals surface area contributed by atoms with Gasteiger partial charge in [0.05, 0.1) is 38.4 Å². The van der Waals surface area contributed by atoms with Crippen molar-refractivity contribution in [1.82, 2.24) is 15.0 Å². The van der Waals surface area contributed by atoms with Gasteiger partial charge in [0, 0.05) is 41.7 Å². The first-order chi connectivity index (χ1) is 14.2. The van der Waals surface area contributed by atoms with Crippen molar-refractivity contribution in [2.45, 2.75) is 0 Å². The number of rotatable bonds is 5. The summed E-state index contributed by atoms with van der Waals surface area (Å²) < 4.78 is 10.5. The van der Waals surface area contributed by atoms with Crippen molar-refractivity contribution in [3.63, 3.8) is 0 Å². The van der Waals surface area contributed by atoms with Crippen molar-refractivity contribution in [3.05, 3.63) is 60.0 Å². The van der Waals surface area contributed by atoms with E-state index in [9.17, 15) is 0 Å². The van der Waals surface area contributed by atoms with Crippen molar-refractivity contribution in [2.24, 2.45) is 0 Å². The van der Waals surface area contributed by atoms with Gasteiger partial charge >= 0.3 is 0 Å². The highest BCUT2D eigenvalue weighted by Crippen LogP contribution is 2.25. The van der Waals surface area contributed by atoms with E-state index in [0.717, 1.165) is 30.0 Å². The number of methoxy groups -OCH3 is 1. The first kappa shape index (κ1) is 18.8. The average Bonchev–Trinajstić information content (AvgIpc) is 2.80. The number of aromatic nitrogens is 3. The molecule has 0 saturated carbocycles. The number of nitrogens with zero attached hydrogens (tertiary/aromatic N) is 4. The third kappa shape index (κ3) is 4.02. The van der Waals surface area contributed by atoms with Crippen molar-refractivity contribution >= 4 is 17.2 Å². The van der Waals surface area contributed by atoms with Gasteiger partial charge in [0.1, 0.15) is 5.82 Å². The lowest BCUT2D eigenvalue weighted by Crippen LogP contribution is -2.36. The molecule has 0 bridgehead atoms. The third-order valence-electron chi connectivity index (χ3n) is 4.81. The van der Waals surface area contributed by atoms with Crippen molar-refractivity contribution in [2.75, 3.05) is 44.0 Å². The normalized spacial score (nSPS) is 13.9. The van der Waals surface area contributed by atoms with Gasteiger partial charge in [0.15, 0.2) is 11.6 Å². The summed E-state index contributed by atoms with van der Waals surface area (Å²) in [6.07, 6.45) is 4.95. The number of nitrogens with two attached hydrogens (primary N) is 1. The number of anilines is 2. The van der Waals surface area contributed by atoms with Crippen LogP contribution in [0.4, 0.5) is 11.5 Å². The molecule has 0 amide bonds. The van der Waals surface area contributed by atoms with E-state index in [1.807, 2.05) is 24.3 Å². The second-order valence-corrected chi connectivity index (χ2v) is 6.63. The molecule has 3 heterocycles. The molecule has 3 aromatic rings. The first-order valence-electron chi connectivity index (χ1n) is 9.29. The Morgan fingerprint density at radius 1 is 1.10 bits per heavy atom. The van der Waals surface area contributed by atoms with Crippen LogP contribution in [0.1, 0.15) is 11.1 Å². The van der Waals surface area contributed by atoms with Gasteiger partial charge in [0.2, 0.25) is 0 Å². The molecule has 1 aliphatic heterocycles. The smallest absolute Gasteiger partial charge is 0.159 e. The van der Waals surface area contributed by atoms with Gasteiger partial charge in [0.25, 0.3) is 0 Å². The number of hydrogen-bond acceptors (Lipinski definition) is 8. The van der Waals surface area contributed by atoms with Crippen LogP contribution in [-0.4, -0.2) is 54.1 Å². The molecule has 0 radical (unpaired) electrons. The van der Waals surface area contributed by atoms with Crippen LogP contribution in [-0.2, 0) is 4.74 Å². The number of hydrogen-bond donors (Lipinski definition) is 2. The summed E-state index contributed by atoms with van der Waals surface area (Å²) >= 11 is 0. The van der Waals surface area contributed by atoms with Gasteiger partial charge in [-0.2, -0.15) is 0 Å². The maximum Gasteiger partial charge on any atom is 0.159 e. The molecular formula is C21H22N6O2. The minimum atomic E-state index is 0.328. The zero-order valence-corrected chi connectivity index (χ0v) is 16.1. The van der Waals surface area contributed by atoms with E-state index in [0.29, 0.717) is 41.8 Å². The quantitative estimate of drug-likeness (QED) is 0.508. The van der Waals surface area contributed by atoms with E-state index in [2.05, 4.69) is 19.9 Å². The first-order valence-corrected chi connectivity index (χ1v) is 9.29. The van der Waals surface area contributed by atoms with Gasteiger partial charge in [-0.05, 0) is 30.3 Å². The van der Waals surface area contributed by atoms with Crippen LogP contribution in [0.5, 0.6) is 5.75 Å². The molecule has 0 unspecified atom stereocenters. The Bertz CT molecular complexity index is 1020. The number of pyridine rings is 1. The Labute approximate surface area is 168 Å². The molecule has 148 valence electrons. The minimum absolute atomic E-state index is 0.328. The summed E-state index contributed by atoms with van der Waals surface area (Å²) in [5.41, 5.74) is 9.20. The zero-order valence-electron chi connectivity index (χ0n) is 16.1. The predicted molar refractivity (Wildman–Crippen MR) is 112 cm³/mol. The molecule has 4 rings (SSSR count). The fraction of sp³-hybridized carbons (Fsp3) is 0.238. The van der Waals surface area contributed by atoms with Crippen LogP contribution in [0.15, 0.2) is 48.9 Å². The van der Waals surface area contributed by atoms with E-state index in [-0.39, 0.29) is 0 Å². The number of nitrogen functional groups attached to an aromatic ring is 1. The van der Waals surface area contributed by atoms with E-state index < -0.39 is 0 Å². The monoisotopic (exact) mass is 390 g/mol. The summed E-state index contributed by atoms with van der Waals surface area (Å²) in [6.45, 7) is 2.94. The molecule has 8 heteroatoms. The van der Waals surface area contributed by atoms with E-state index >= 15 is 0 Å². The molecule has 1 fully saturated rings. The second kappa shape index (κ2) is 8.24. The summed E-state index contributed by atoms with van der Waals surface area (Å²) in [6, 6.07) is 9.21. The largest absolute Gasteiger partial charge is 0.494 e. The highest BCUT2D eigenvalue weighted by Gasteiger charge is 2.16. The van der Waals surface area contributed by atoms with Crippen molar-refractivity contribution < 1.29 is 9.47 Å². The van der Waals surface area contributed by atoms with Crippen LogP contribution in [0.25, 0.3) is 11.4 Å². The molecule has 0 atom stereocenters. The van der Waals surface area contributed by atoms with E-state index in [1.54, 1.807) is 31.8 Å². The molecular weight excluding hydrogens is 368 g/mol. The summed E-state index contributed by atoms with van der Waals surface area (Å²) in [4.78, 5) is 15.3. The average molecular weight is 390 g/mol. The van der Waals surface area contributed by atoms with Crippen LogP contribution in [0.2, 0.25) is 0 Å². The van der Waals surface area contributed by atoms with Crippen LogP contribution < -0.4 is 15.4 Å². The lowest BCUT2D eigenvalue weighted by atomic mass is 9.99. The highest BCUT2D eigenvalue weighted by molar-refractivity contribution is 6.14. The van der Waals surface area contributed by atoms with E-state index in [4.69, 9.17) is 20.6 Å². The topological polar surface area (TPSA) is 110 Å². The highest BCUT2D eigenvalue weighted by atomic mass is 16.5. The summed E-state index contributed by atoms with van der Waals surface area (Å²) in [5.74, 6) is 1.97. The third-order valence-corrected chi connectivity index (χ3v) is 4.81. The SMILES string of the molecule is COc1cnc(-c2ccc(N)c(C(=N)c3ccnc(N4CCOCC4)c3)c2)nc1. The number of ether oxygens (including phenoxy) is 2. The lowest BCUT2D eigenvalue weighted by Gasteiger charge is -2.28. The van der Waals surface area contributed by atoms with Gasteiger partial charge in [-0.1, -0.05) is 0 Å². The lowest BCUT2D eigenvalue weighted by molar-refractivity contribution is 0.122. The Kier molecular flexibility index (Phi) is 5.35. The van der Waals surface area contributed by atoms with Gasteiger partial charge in [-0.25, -0.2) is 15.0 Å². The molecule has 0 aliphatic carbocycles. The standard InChI is InChI=1S/C21H22N6O2/c1-28-16-12-25-21(26-13-16)15-2-3-18(22)17(10-15)20(23)14-4-5-24-19(11-14)27-6-8-29-9-7-27/h2-5,10-13,23H,6-9,22H2,1H3. The number of morpholine rings is 1. The number of benzene rings is 1. The van der Waals surface area contributed by atoms with Gasteiger partial charge in [-0.3, -0.25) is 5.41 Å². The molecule has 2 aromatic heterocycles. The Morgan fingerprint density at radius 3 is 2.59 bits per heavy atom. The summed E-state index contributed by atoms with van der Waals surface area (Å²) in [7, 11) is 1.57. The Hall–Kier alpha value is -3.52. The zero-order chi connectivity index (χ0) is 20.2.